The maximum atomic E-state index is 14.6. The molecule has 0 aliphatic heterocycles. The molecule has 316 valence electrons. The number of aliphatic carboxylic acids is 1. The predicted molar refractivity (Wildman–Crippen MR) is 219 cm³/mol. The zero-order valence-electron chi connectivity index (χ0n) is 32.6. The number of H-pyrrole nitrogens is 2. The number of halogens is 6. The number of carbonyl (C=O) groups is 2. The average molecular weight is 868 g/mol. The molecule has 17 heteroatoms. The van der Waals surface area contributed by atoms with Gasteiger partial charge < -0.3 is 15.1 Å². The molecule has 0 saturated heterocycles. The molecular formula is C43H44Cl2F4N8O3. The molecule has 60 heavy (non-hydrogen) atoms. The van der Waals surface area contributed by atoms with Crippen molar-refractivity contribution in [3.05, 3.63) is 84.0 Å². The SMILES string of the molecule is CC(=O)[C@H]1C2CCC(CC2)[C@@H]1Cc1nc(-c2c[nH]c3ncc(F)cc23)ncc1F.Cl.Cl.O=C(O)[C@H]1C2CCC(CC2)[C@@H]1Cc1nc(-c2c[nH]c3ncc(F)cc23)ncc1F. The van der Waals surface area contributed by atoms with Gasteiger partial charge in [0.1, 0.15) is 28.7 Å². The highest BCUT2D eigenvalue weighted by molar-refractivity contribution is 5.92. The molecule has 6 saturated carbocycles. The van der Waals surface area contributed by atoms with Crippen molar-refractivity contribution in [2.24, 2.45) is 47.3 Å². The molecule has 0 aromatic carbocycles. The van der Waals surface area contributed by atoms with Gasteiger partial charge in [-0.1, -0.05) is 0 Å². The van der Waals surface area contributed by atoms with Crippen molar-refractivity contribution in [3.63, 3.8) is 0 Å². The molecule has 6 aliphatic carbocycles. The molecule has 6 aromatic rings. The predicted octanol–water partition coefficient (Wildman–Crippen LogP) is 9.30. The maximum Gasteiger partial charge on any atom is 0.307 e. The van der Waals surface area contributed by atoms with E-state index < -0.39 is 35.2 Å². The van der Waals surface area contributed by atoms with Crippen molar-refractivity contribution in [2.75, 3.05) is 0 Å². The minimum absolute atomic E-state index is 0. The topological polar surface area (TPSA) is 163 Å². The molecule has 6 heterocycles. The summed E-state index contributed by atoms with van der Waals surface area (Å²) in [5.74, 6) is -1.08. The van der Waals surface area contributed by atoms with E-state index in [0.29, 0.717) is 63.0 Å². The van der Waals surface area contributed by atoms with E-state index in [4.69, 9.17) is 0 Å². The number of nitrogens with one attached hydrogen (secondary N) is 2. The monoisotopic (exact) mass is 866 g/mol. The second-order valence-corrected chi connectivity index (χ2v) is 16.6. The van der Waals surface area contributed by atoms with Crippen LogP contribution in [0.4, 0.5) is 17.6 Å². The van der Waals surface area contributed by atoms with Crippen molar-refractivity contribution in [3.8, 4) is 22.8 Å². The third-order valence-electron chi connectivity index (χ3n) is 13.5. The van der Waals surface area contributed by atoms with Gasteiger partial charge in [0.2, 0.25) is 0 Å². The smallest absolute Gasteiger partial charge is 0.307 e. The Balaban J connectivity index is 0.000000176. The number of rotatable bonds is 8. The number of nitrogens with zero attached hydrogens (tertiary/aromatic N) is 6. The fraction of sp³-hybridized carbons (Fsp3) is 0.442. The Labute approximate surface area is 354 Å². The highest BCUT2D eigenvalue weighted by atomic mass is 35.5. The first kappa shape index (κ1) is 43.1. The number of hydrogen-bond acceptors (Lipinski definition) is 8. The van der Waals surface area contributed by atoms with Crippen LogP contribution in [-0.4, -0.2) is 56.7 Å². The van der Waals surface area contributed by atoms with Crippen LogP contribution in [-0.2, 0) is 22.4 Å². The zero-order valence-corrected chi connectivity index (χ0v) is 34.2. The molecule has 11 nitrogen and oxygen atoms in total. The Morgan fingerprint density at radius 3 is 1.43 bits per heavy atom. The molecule has 3 N–H and O–H groups in total. The zero-order chi connectivity index (χ0) is 40.2. The summed E-state index contributed by atoms with van der Waals surface area (Å²) in [6, 6.07) is 2.70. The summed E-state index contributed by atoms with van der Waals surface area (Å²) in [7, 11) is 0. The van der Waals surface area contributed by atoms with E-state index in [0.717, 1.165) is 70.0 Å². The van der Waals surface area contributed by atoms with E-state index in [9.17, 15) is 32.3 Å². The van der Waals surface area contributed by atoms with Crippen molar-refractivity contribution in [2.45, 2.75) is 71.1 Å². The minimum atomic E-state index is -0.794. The highest BCUT2D eigenvalue weighted by Gasteiger charge is 2.48. The van der Waals surface area contributed by atoms with E-state index in [-0.39, 0.29) is 78.1 Å². The number of aromatic nitrogens is 8. The van der Waals surface area contributed by atoms with Crippen LogP contribution in [0, 0.1) is 70.6 Å². The molecule has 0 amide bonds. The second-order valence-electron chi connectivity index (χ2n) is 16.6. The lowest BCUT2D eigenvalue weighted by Gasteiger charge is -2.47. The Bertz CT molecular complexity index is 2370. The lowest BCUT2D eigenvalue weighted by molar-refractivity contribution is -0.152. The molecule has 4 bridgehead atoms. The molecule has 0 radical (unpaired) electrons. The third kappa shape index (κ3) is 8.09. The summed E-state index contributed by atoms with van der Waals surface area (Å²) >= 11 is 0. The first-order chi connectivity index (χ1) is 28.0. The van der Waals surface area contributed by atoms with Gasteiger partial charge in [-0.05, 0) is 119 Å². The Morgan fingerprint density at radius 1 is 0.617 bits per heavy atom. The van der Waals surface area contributed by atoms with E-state index in [1.165, 1.54) is 18.3 Å². The van der Waals surface area contributed by atoms with Crippen LogP contribution in [0.5, 0.6) is 0 Å². The summed E-state index contributed by atoms with van der Waals surface area (Å²) in [5.41, 5.74) is 2.69. The number of aromatic amines is 2. The van der Waals surface area contributed by atoms with Gasteiger partial charge in [-0.15, -0.1) is 24.8 Å². The van der Waals surface area contributed by atoms with Gasteiger partial charge >= 0.3 is 5.97 Å². The van der Waals surface area contributed by atoms with Crippen LogP contribution in [0.1, 0.15) is 69.7 Å². The van der Waals surface area contributed by atoms with E-state index >= 15 is 0 Å². The molecule has 6 aliphatic rings. The van der Waals surface area contributed by atoms with Crippen LogP contribution < -0.4 is 0 Å². The normalized spacial score (nSPS) is 25.3. The van der Waals surface area contributed by atoms with Crippen molar-refractivity contribution in [1.29, 1.82) is 0 Å². The van der Waals surface area contributed by atoms with Gasteiger partial charge in [-0.2, -0.15) is 0 Å². The largest absolute Gasteiger partial charge is 0.481 e. The van der Waals surface area contributed by atoms with Gasteiger partial charge in [0.15, 0.2) is 23.3 Å². The van der Waals surface area contributed by atoms with E-state index in [1.54, 1.807) is 19.3 Å². The molecule has 6 fully saturated rings. The minimum Gasteiger partial charge on any atom is -0.481 e. The third-order valence-corrected chi connectivity index (χ3v) is 13.5. The first-order valence-electron chi connectivity index (χ1n) is 20.0. The molecule has 12 rings (SSSR count). The Hall–Kier alpha value is -5.02. The molecule has 0 spiro atoms. The van der Waals surface area contributed by atoms with Crippen LogP contribution in [0.15, 0.2) is 49.3 Å². The number of ketones is 1. The number of hydrogen-bond donors (Lipinski definition) is 3. The number of carboxylic acid groups (broad SMARTS) is 1. The maximum absolute atomic E-state index is 14.6. The molecule has 6 aromatic heterocycles. The fourth-order valence-electron chi connectivity index (χ4n) is 10.9. The number of carbonyl (C=O) groups excluding carboxylic acids is 1. The summed E-state index contributed by atoms with van der Waals surface area (Å²) in [5, 5.41) is 10.8. The van der Waals surface area contributed by atoms with Crippen LogP contribution in [0.2, 0.25) is 0 Å². The van der Waals surface area contributed by atoms with Crippen molar-refractivity contribution in [1.82, 2.24) is 39.9 Å². The first-order valence-corrected chi connectivity index (χ1v) is 20.0. The Morgan fingerprint density at radius 2 is 1.02 bits per heavy atom. The molecule has 4 atom stereocenters. The number of Topliss-reactive ketones (excluding diaryl/α,β-unsaturated/α-hetero) is 1. The fourth-order valence-corrected chi connectivity index (χ4v) is 10.9. The highest BCUT2D eigenvalue weighted by Crippen LogP contribution is 2.51. The summed E-state index contributed by atoms with van der Waals surface area (Å²) < 4.78 is 56.5. The van der Waals surface area contributed by atoms with Crippen LogP contribution >= 0.6 is 24.8 Å². The summed E-state index contributed by atoms with van der Waals surface area (Å²) in [6.45, 7) is 1.66. The van der Waals surface area contributed by atoms with Gasteiger partial charge in [-0.25, -0.2) is 47.5 Å². The van der Waals surface area contributed by atoms with Gasteiger partial charge in [-0.3, -0.25) is 9.59 Å². The van der Waals surface area contributed by atoms with Crippen molar-refractivity contribution < 1.29 is 32.3 Å². The van der Waals surface area contributed by atoms with Gasteiger partial charge in [0.05, 0.1) is 42.1 Å². The number of carboxylic acids is 1. The van der Waals surface area contributed by atoms with E-state index in [2.05, 4.69) is 39.9 Å². The quantitative estimate of drug-likeness (QED) is 0.127. The van der Waals surface area contributed by atoms with Crippen LogP contribution in [0.25, 0.3) is 44.8 Å². The summed E-state index contributed by atoms with van der Waals surface area (Å²) in [4.78, 5) is 55.3. The molecular weight excluding hydrogens is 823 g/mol. The van der Waals surface area contributed by atoms with Gasteiger partial charge in [0, 0.05) is 40.2 Å². The molecule has 0 unspecified atom stereocenters. The lowest BCUT2D eigenvalue weighted by Crippen LogP contribution is -2.45. The average Bonchev–Trinajstić information content (AvgIpc) is 3.84. The number of fused-ring (bicyclic) bond motifs is 8. The second kappa shape index (κ2) is 17.5. The standard InChI is InChI=1S/C22H22F2N4O.C21H20F2N4O2.2ClH/c1-11(29)20-13-4-2-12(3-5-13)15(20)7-19-18(24)10-27-22(28-19)17-9-26-21-16(17)6-14(23)8-25-21;22-12-5-14-15(8-25-19(14)24-7-12)20-26-9-16(23)17(27-20)6-13-10-1-3-11(4-2-10)18(13)21(28)29;;/h6,8-10,12-13,15,20H,2-5,7H2,1H3,(H,25,26);5,7-11,13,18H,1-4,6H2,(H,24,25)(H,28,29);2*1H/t12?,13?,15-,20-;10?,11?,13-,18-;;/m00../s1. The number of pyridine rings is 2. The lowest BCUT2D eigenvalue weighted by atomic mass is 9.56. The van der Waals surface area contributed by atoms with Crippen molar-refractivity contribution >= 4 is 58.6 Å². The van der Waals surface area contributed by atoms with E-state index in [1.807, 2.05) is 0 Å². The Kier molecular flexibility index (Phi) is 12.6. The van der Waals surface area contributed by atoms with Crippen LogP contribution in [0.3, 0.4) is 0 Å². The van der Waals surface area contributed by atoms with Gasteiger partial charge in [0.25, 0.3) is 0 Å². The summed E-state index contributed by atoms with van der Waals surface area (Å²) in [6.07, 6.45) is 16.8.